The molecular weight excluding hydrogens is 240 g/mol. The summed E-state index contributed by atoms with van der Waals surface area (Å²) in [6.07, 6.45) is 2.27. The molecule has 0 aliphatic carbocycles. The SMILES string of the molecule is CNCC1CCCN(C(=O)c2ccccc2OC)C1. The Morgan fingerprint density at radius 2 is 2.26 bits per heavy atom. The molecule has 1 atom stereocenters. The summed E-state index contributed by atoms with van der Waals surface area (Å²) >= 11 is 0. The van der Waals surface area contributed by atoms with Crippen LogP contribution >= 0.6 is 0 Å². The zero-order valence-corrected chi connectivity index (χ0v) is 11.7. The molecule has 19 heavy (non-hydrogen) atoms. The fraction of sp³-hybridized carbons (Fsp3) is 0.533. The number of carbonyl (C=O) groups excluding carboxylic acids is 1. The Balaban J connectivity index is 2.10. The molecule has 1 unspecified atom stereocenters. The van der Waals surface area contributed by atoms with Crippen LogP contribution in [0.4, 0.5) is 0 Å². The maximum atomic E-state index is 12.6. The van der Waals surface area contributed by atoms with Crippen molar-refractivity contribution in [3.63, 3.8) is 0 Å². The quantitative estimate of drug-likeness (QED) is 0.899. The Kier molecular flexibility index (Phi) is 4.80. The molecule has 2 rings (SSSR count). The number of likely N-dealkylation sites (tertiary alicyclic amines) is 1. The molecule has 0 bridgehead atoms. The van der Waals surface area contributed by atoms with Crippen LogP contribution in [0.25, 0.3) is 0 Å². The Hall–Kier alpha value is -1.55. The number of methoxy groups -OCH3 is 1. The lowest BCUT2D eigenvalue weighted by atomic mass is 9.97. The number of rotatable bonds is 4. The van der Waals surface area contributed by atoms with Gasteiger partial charge in [0.2, 0.25) is 0 Å². The average Bonchev–Trinajstić information content (AvgIpc) is 2.47. The first kappa shape index (κ1) is 13.9. The van der Waals surface area contributed by atoms with Gasteiger partial charge in [0.1, 0.15) is 5.75 Å². The van der Waals surface area contributed by atoms with E-state index in [0.717, 1.165) is 26.1 Å². The molecule has 1 aliphatic heterocycles. The van der Waals surface area contributed by atoms with Crippen LogP contribution in [0.2, 0.25) is 0 Å². The van der Waals surface area contributed by atoms with E-state index in [1.165, 1.54) is 6.42 Å². The van der Waals surface area contributed by atoms with Crippen LogP contribution in [0.3, 0.4) is 0 Å². The van der Waals surface area contributed by atoms with E-state index in [-0.39, 0.29) is 5.91 Å². The summed E-state index contributed by atoms with van der Waals surface area (Å²) in [5.41, 5.74) is 0.662. The van der Waals surface area contributed by atoms with E-state index in [2.05, 4.69) is 5.32 Å². The lowest BCUT2D eigenvalue weighted by Crippen LogP contribution is -2.42. The summed E-state index contributed by atoms with van der Waals surface area (Å²) in [7, 11) is 3.56. The number of nitrogens with one attached hydrogen (secondary N) is 1. The van der Waals surface area contributed by atoms with Crippen LogP contribution in [0.5, 0.6) is 5.75 Å². The van der Waals surface area contributed by atoms with Crippen molar-refractivity contribution in [3.8, 4) is 5.75 Å². The number of carbonyl (C=O) groups is 1. The second-order valence-electron chi connectivity index (χ2n) is 5.02. The number of hydrogen-bond donors (Lipinski definition) is 1. The van der Waals surface area contributed by atoms with Crippen molar-refractivity contribution < 1.29 is 9.53 Å². The van der Waals surface area contributed by atoms with Gasteiger partial charge in [0, 0.05) is 13.1 Å². The van der Waals surface area contributed by atoms with E-state index < -0.39 is 0 Å². The molecule has 1 fully saturated rings. The van der Waals surface area contributed by atoms with Crippen molar-refractivity contribution >= 4 is 5.91 Å². The Bertz CT molecular complexity index is 432. The van der Waals surface area contributed by atoms with Crippen LogP contribution in [0.1, 0.15) is 23.2 Å². The Morgan fingerprint density at radius 1 is 1.47 bits per heavy atom. The number of benzene rings is 1. The maximum Gasteiger partial charge on any atom is 0.257 e. The molecule has 1 aromatic rings. The van der Waals surface area contributed by atoms with Gasteiger partial charge in [0.25, 0.3) is 5.91 Å². The molecule has 0 saturated carbocycles. The number of piperidine rings is 1. The van der Waals surface area contributed by atoms with E-state index in [0.29, 0.717) is 17.2 Å². The highest BCUT2D eigenvalue weighted by molar-refractivity contribution is 5.97. The second kappa shape index (κ2) is 6.57. The number of hydrogen-bond acceptors (Lipinski definition) is 3. The van der Waals surface area contributed by atoms with Gasteiger partial charge in [-0.3, -0.25) is 4.79 Å². The lowest BCUT2D eigenvalue weighted by molar-refractivity contribution is 0.0671. The summed E-state index contributed by atoms with van der Waals surface area (Å²) in [6.45, 7) is 2.64. The normalized spacial score (nSPS) is 19.3. The molecule has 4 nitrogen and oxygen atoms in total. The van der Waals surface area contributed by atoms with E-state index in [9.17, 15) is 4.79 Å². The van der Waals surface area contributed by atoms with Gasteiger partial charge < -0.3 is 15.0 Å². The van der Waals surface area contributed by atoms with Crippen molar-refractivity contribution in [2.24, 2.45) is 5.92 Å². The molecule has 1 N–H and O–H groups in total. The van der Waals surface area contributed by atoms with Crippen LogP contribution < -0.4 is 10.1 Å². The van der Waals surface area contributed by atoms with Crippen LogP contribution in [0, 0.1) is 5.92 Å². The Morgan fingerprint density at radius 3 is 3.00 bits per heavy atom. The van der Waals surface area contributed by atoms with Gasteiger partial charge in [-0.2, -0.15) is 0 Å². The summed E-state index contributed by atoms with van der Waals surface area (Å²) in [5, 5.41) is 3.20. The third kappa shape index (κ3) is 3.26. The van der Waals surface area contributed by atoms with Crippen molar-refractivity contribution in [1.82, 2.24) is 10.2 Å². The first-order valence-electron chi connectivity index (χ1n) is 6.83. The predicted octanol–water partition coefficient (Wildman–Crippen LogP) is 1.77. The fourth-order valence-corrected chi connectivity index (χ4v) is 2.70. The minimum absolute atomic E-state index is 0.0817. The van der Waals surface area contributed by atoms with E-state index >= 15 is 0 Å². The molecular formula is C15H22N2O2. The van der Waals surface area contributed by atoms with E-state index in [4.69, 9.17) is 4.74 Å². The zero-order chi connectivity index (χ0) is 13.7. The maximum absolute atomic E-state index is 12.6. The van der Waals surface area contributed by atoms with Crippen molar-refractivity contribution in [2.45, 2.75) is 12.8 Å². The largest absolute Gasteiger partial charge is 0.496 e. The summed E-state index contributed by atoms with van der Waals surface area (Å²) in [5.74, 6) is 1.29. The smallest absolute Gasteiger partial charge is 0.257 e. The van der Waals surface area contributed by atoms with Crippen LogP contribution in [-0.4, -0.2) is 44.6 Å². The number of nitrogens with zero attached hydrogens (tertiary/aromatic N) is 1. The average molecular weight is 262 g/mol. The zero-order valence-electron chi connectivity index (χ0n) is 11.7. The lowest BCUT2D eigenvalue weighted by Gasteiger charge is -2.33. The summed E-state index contributed by atoms with van der Waals surface area (Å²) in [6, 6.07) is 7.44. The molecule has 0 radical (unpaired) electrons. The summed E-state index contributed by atoms with van der Waals surface area (Å²) in [4.78, 5) is 14.5. The third-order valence-electron chi connectivity index (χ3n) is 3.64. The molecule has 1 aromatic carbocycles. The van der Waals surface area contributed by atoms with Crippen molar-refractivity contribution in [3.05, 3.63) is 29.8 Å². The minimum atomic E-state index is 0.0817. The number of para-hydroxylation sites is 1. The molecule has 4 heteroatoms. The molecule has 0 spiro atoms. The Labute approximate surface area is 114 Å². The standard InChI is InChI=1S/C15H22N2O2/c1-16-10-12-6-5-9-17(11-12)15(18)13-7-3-4-8-14(13)19-2/h3-4,7-8,12,16H,5-6,9-11H2,1-2H3. The van der Waals surface area contributed by atoms with Gasteiger partial charge in [-0.15, -0.1) is 0 Å². The van der Waals surface area contributed by atoms with Gasteiger partial charge in [-0.1, -0.05) is 12.1 Å². The highest BCUT2D eigenvalue weighted by Crippen LogP contribution is 2.23. The van der Waals surface area contributed by atoms with Gasteiger partial charge in [-0.25, -0.2) is 0 Å². The topological polar surface area (TPSA) is 41.6 Å². The molecule has 1 amide bonds. The van der Waals surface area contributed by atoms with Crippen LogP contribution in [0.15, 0.2) is 24.3 Å². The van der Waals surface area contributed by atoms with Gasteiger partial charge >= 0.3 is 0 Å². The first-order valence-corrected chi connectivity index (χ1v) is 6.83. The monoisotopic (exact) mass is 262 g/mol. The van der Waals surface area contributed by atoms with Gasteiger partial charge in [0.15, 0.2) is 0 Å². The molecule has 1 aliphatic rings. The highest BCUT2D eigenvalue weighted by Gasteiger charge is 2.25. The first-order chi connectivity index (χ1) is 9.26. The fourth-order valence-electron chi connectivity index (χ4n) is 2.70. The van der Waals surface area contributed by atoms with Gasteiger partial charge in [0.05, 0.1) is 12.7 Å². The second-order valence-corrected chi connectivity index (χ2v) is 5.02. The number of ether oxygens (including phenoxy) is 1. The molecule has 0 aromatic heterocycles. The molecule has 104 valence electrons. The van der Waals surface area contributed by atoms with Crippen LogP contribution in [-0.2, 0) is 0 Å². The van der Waals surface area contributed by atoms with Gasteiger partial charge in [-0.05, 0) is 44.5 Å². The predicted molar refractivity (Wildman–Crippen MR) is 75.5 cm³/mol. The van der Waals surface area contributed by atoms with Crippen molar-refractivity contribution in [1.29, 1.82) is 0 Å². The van der Waals surface area contributed by atoms with Crippen molar-refractivity contribution in [2.75, 3.05) is 33.8 Å². The molecule has 1 saturated heterocycles. The minimum Gasteiger partial charge on any atom is -0.496 e. The number of amides is 1. The third-order valence-corrected chi connectivity index (χ3v) is 3.64. The molecule has 1 heterocycles. The summed E-state index contributed by atoms with van der Waals surface area (Å²) < 4.78 is 5.27. The van der Waals surface area contributed by atoms with E-state index in [1.807, 2.05) is 36.2 Å². The highest BCUT2D eigenvalue weighted by atomic mass is 16.5. The van der Waals surface area contributed by atoms with E-state index in [1.54, 1.807) is 7.11 Å².